The summed E-state index contributed by atoms with van der Waals surface area (Å²) < 4.78 is 0. The number of carbonyl (C=O) groups is 2. The van der Waals surface area contributed by atoms with Crippen LogP contribution in [0.15, 0.2) is 52.3 Å². The van der Waals surface area contributed by atoms with Crippen molar-refractivity contribution in [2.24, 2.45) is 0 Å². The van der Waals surface area contributed by atoms with Crippen LogP contribution in [-0.4, -0.2) is 28.8 Å². The highest BCUT2D eigenvalue weighted by Gasteiger charge is 2.20. The fraction of sp³-hybridized carbons (Fsp3) is 0.263. The van der Waals surface area contributed by atoms with E-state index in [1.807, 2.05) is 20.8 Å². The molecule has 0 bridgehead atoms. The van der Waals surface area contributed by atoms with Crippen LogP contribution in [0.4, 0.5) is 5.69 Å². The number of nitrogens with one attached hydrogen (secondary N) is 2. The van der Waals surface area contributed by atoms with E-state index >= 15 is 0 Å². The zero-order valence-corrected chi connectivity index (χ0v) is 17.2. The van der Waals surface area contributed by atoms with E-state index in [1.54, 1.807) is 24.3 Å². The average molecular weight is 422 g/mol. The van der Waals surface area contributed by atoms with Crippen molar-refractivity contribution in [1.29, 1.82) is 0 Å². The Balaban J connectivity index is 2.12. The maximum atomic E-state index is 12.3. The number of hydrogen-bond acceptors (Lipinski definition) is 5. The summed E-state index contributed by atoms with van der Waals surface area (Å²) >= 11 is 7.05. The van der Waals surface area contributed by atoms with E-state index in [2.05, 4.69) is 10.6 Å². The zero-order chi connectivity index (χ0) is 20.9. The molecule has 0 spiro atoms. The quantitative estimate of drug-likeness (QED) is 0.541. The molecule has 2 aromatic carbocycles. The van der Waals surface area contributed by atoms with Gasteiger partial charge in [-0.25, -0.2) is 0 Å². The second kappa shape index (κ2) is 9.07. The lowest BCUT2D eigenvalue weighted by molar-refractivity contribution is -0.387. The third-order valence-corrected chi connectivity index (χ3v) is 4.71. The molecule has 0 aliphatic carbocycles. The summed E-state index contributed by atoms with van der Waals surface area (Å²) in [5.74, 6) is -0.902. The molecule has 0 fully saturated rings. The van der Waals surface area contributed by atoms with Gasteiger partial charge in [0, 0.05) is 27.1 Å². The summed E-state index contributed by atoms with van der Waals surface area (Å²) in [7, 11) is 0. The van der Waals surface area contributed by atoms with Gasteiger partial charge in [-0.1, -0.05) is 23.4 Å². The standard InChI is InChI=1S/C19H20ClN3O4S/c1-19(2,3)22-17(24)11-21-18(25)12-4-9-16(15(10-12)23(26)27)28-14-7-5-13(20)6-8-14/h4-10H,11H2,1-3H3,(H,21,25)(H,22,24). The molecular weight excluding hydrogens is 402 g/mol. The highest BCUT2D eigenvalue weighted by atomic mass is 35.5. The molecule has 7 nitrogen and oxygen atoms in total. The minimum Gasteiger partial charge on any atom is -0.350 e. The van der Waals surface area contributed by atoms with Crippen molar-refractivity contribution in [3.8, 4) is 0 Å². The third-order valence-electron chi connectivity index (χ3n) is 3.38. The van der Waals surface area contributed by atoms with Gasteiger partial charge in [0.1, 0.15) is 0 Å². The Kier molecular flexibility index (Phi) is 7.04. The van der Waals surface area contributed by atoms with Gasteiger partial charge in [-0.15, -0.1) is 0 Å². The first-order valence-electron chi connectivity index (χ1n) is 8.36. The van der Waals surface area contributed by atoms with E-state index in [4.69, 9.17) is 11.6 Å². The molecule has 9 heteroatoms. The van der Waals surface area contributed by atoms with E-state index in [1.165, 1.54) is 30.0 Å². The maximum absolute atomic E-state index is 12.3. The Hall–Kier alpha value is -2.58. The number of halogens is 1. The van der Waals surface area contributed by atoms with Gasteiger partial charge in [0.15, 0.2) is 0 Å². The number of rotatable bonds is 6. The minimum absolute atomic E-state index is 0.107. The normalized spacial score (nSPS) is 11.0. The monoisotopic (exact) mass is 421 g/mol. The predicted molar refractivity (Wildman–Crippen MR) is 109 cm³/mol. The molecule has 0 saturated heterocycles. The van der Waals surface area contributed by atoms with Gasteiger partial charge in [-0.3, -0.25) is 19.7 Å². The number of nitro benzene ring substituents is 1. The highest BCUT2D eigenvalue weighted by molar-refractivity contribution is 7.99. The Morgan fingerprint density at radius 3 is 2.36 bits per heavy atom. The fourth-order valence-corrected chi connectivity index (χ4v) is 3.27. The van der Waals surface area contributed by atoms with Crippen molar-refractivity contribution in [2.45, 2.75) is 36.1 Å². The van der Waals surface area contributed by atoms with Crippen molar-refractivity contribution in [1.82, 2.24) is 10.6 Å². The number of amides is 2. The molecule has 2 rings (SSSR count). The lowest BCUT2D eigenvalue weighted by Gasteiger charge is -2.20. The number of nitrogens with zero attached hydrogens (tertiary/aromatic N) is 1. The van der Waals surface area contributed by atoms with Crippen molar-refractivity contribution >= 4 is 40.9 Å². The summed E-state index contributed by atoms with van der Waals surface area (Å²) in [5, 5.41) is 17.2. The van der Waals surface area contributed by atoms with Crippen molar-refractivity contribution in [3.05, 3.63) is 63.2 Å². The largest absolute Gasteiger partial charge is 0.350 e. The summed E-state index contributed by atoms with van der Waals surface area (Å²) in [5.41, 5.74) is -0.497. The van der Waals surface area contributed by atoms with E-state index in [0.29, 0.717) is 9.92 Å². The lowest BCUT2D eigenvalue weighted by atomic mass is 10.1. The van der Waals surface area contributed by atoms with Gasteiger partial charge < -0.3 is 10.6 Å². The molecule has 0 saturated carbocycles. The smallest absolute Gasteiger partial charge is 0.284 e. The van der Waals surface area contributed by atoms with Crippen LogP contribution >= 0.6 is 23.4 Å². The second-order valence-electron chi connectivity index (χ2n) is 6.98. The number of carbonyl (C=O) groups excluding carboxylic acids is 2. The highest BCUT2D eigenvalue weighted by Crippen LogP contribution is 2.35. The maximum Gasteiger partial charge on any atom is 0.284 e. The fourth-order valence-electron chi connectivity index (χ4n) is 2.24. The van der Waals surface area contributed by atoms with Crippen molar-refractivity contribution in [2.75, 3.05) is 6.54 Å². The average Bonchev–Trinajstić information content (AvgIpc) is 2.60. The summed E-state index contributed by atoms with van der Waals surface area (Å²) in [6.45, 7) is 5.26. The van der Waals surface area contributed by atoms with Crippen molar-refractivity contribution < 1.29 is 14.5 Å². The molecule has 0 aromatic heterocycles. The van der Waals surface area contributed by atoms with Gasteiger partial charge in [0.25, 0.3) is 11.6 Å². The lowest BCUT2D eigenvalue weighted by Crippen LogP contribution is -2.45. The summed E-state index contributed by atoms with van der Waals surface area (Å²) in [6.07, 6.45) is 0. The molecule has 148 valence electrons. The van der Waals surface area contributed by atoms with E-state index in [0.717, 1.165) is 4.90 Å². The second-order valence-corrected chi connectivity index (χ2v) is 8.53. The van der Waals surface area contributed by atoms with E-state index in [9.17, 15) is 19.7 Å². The van der Waals surface area contributed by atoms with Crippen LogP contribution in [0.2, 0.25) is 5.02 Å². The van der Waals surface area contributed by atoms with Gasteiger partial charge in [0.05, 0.1) is 16.4 Å². The molecule has 0 heterocycles. The van der Waals surface area contributed by atoms with Gasteiger partial charge in [-0.2, -0.15) is 0 Å². The molecule has 2 amide bonds. The Morgan fingerprint density at radius 2 is 1.79 bits per heavy atom. The topological polar surface area (TPSA) is 101 Å². The molecule has 28 heavy (non-hydrogen) atoms. The summed E-state index contributed by atoms with van der Waals surface area (Å²) in [6, 6.07) is 11.1. The van der Waals surface area contributed by atoms with Crippen LogP contribution in [-0.2, 0) is 4.79 Å². The van der Waals surface area contributed by atoms with Crippen molar-refractivity contribution in [3.63, 3.8) is 0 Å². The predicted octanol–water partition coefficient (Wildman–Crippen LogP) is 4.04. The van der Waals surface area contributed by atoms with Crippen LogP contribution in [0.3, 0.4) is 0 Å². The van der Waals surface area contributed by atoms with Crippen LogP contribution in [0.5, 0.6) is 0 Å². The number of hydrogen-bond donors (Lipinski definition) is 2. The Labute approximate surface area is 172 Å². The molecule has 0 unspecified atom stereocenters. The molecule has 0 aliphatic rings. The zero-order valence-electron chi connectivity index (χ0n) is 15.6. The first-order valence-corrected chi connectivity index (χ1v) is 9.56. The number of benzene rings is 2. The van der Waals surface area contributed by atoms with Gasteiger partial charge in [0.2, 0.25) is 5.91 Å². The first kappa shape index (κ1) is 21.7. The van der Waals surface area contributed by atoms with E-state index < -0.39 is 16.4 Å². The summed E-state index contributed by atoms with van der Waals surface area (Å²) in [4.78, 5) is 36.1. The third kappa shape index (κ3) is 6.54. The molecule has 0 aliphatic heterocycles. The molecule has 0 radical (unpaired) electrons. The van der Waals surface area contributed by atoms with Crippen LogP contribution in [0.25, 0.3) is 0 Å². The molecule has 2 N–H and O–H groups in total. The van der Waals surface area contributed by atoms with E-state index in [-0.39, 0.29) is 23.7 Å². The minimum atomic E-state index is -0.560. The first-order chi connectivity index (χ1) is 13.0. The van der Waals surface area contributed by atoms with Crippen LogP contribution in [0, 0.1) is 10.1 Å². The molecule has 0 atom stereocenters. The van der Waals surface area contributed by atoms with Crippen LogP contribution in [0.1, 0.15) is 31.1 Å². The van der Waals surface area contributed by atoms with Gasteiger partial charge >= 0.3 is 0 Å². The Bertz CT molecular complexity index is 895. The number of nitro groups is 1. The SMILES string of the molecule is CC(C)(C)NC(=O)CNC(=O)c1ccc(Sc2ccc(Cl)cc2)c([N+](=O)[O-])c1. The Morgan fingerprint density at radius 1 is 1.14 bits per heavy atom. The van der Waals surface area contributed by atoms with Gasteiger partial charge in [-0.05, 0) is 57.2 Å². The van der Waals surface area contributed by atoms with Crippen LogP contribution < -0.4 is 10.6 Å². The molecular formula is C19H20ClN3O4S. The molecule has 2 aromatic rings.